The second-order valence-corrected chi connectivity index (χ2v) is 7.47. The first-order chi connectivity index (χ1) is 13.6. The molecule has 0 unspecified atom stereocenters. The number of halogens is 1. The van der Waals surface area contributed by atoms with Crippen LogP contribution < -0.4 is 9.47 Å². The van der Waals surface area contributed by atoms with Crippen LogP contribution >= 0.6 is 23.4 Å². The molecule has 0 aliphatic carbocycles. The Morgan fingerprint density at radius 1 is 1.18 bits per heavy atom. The molecule has 0 fully saturated rings. The fourth-order valence-electron chi connectivity index (χ4n) is 2.64. The van der Waals surface area contributed by atoms with Crippen molar-refractivity contribution >= 4 is 23.4 Å². The Bertz CT molecular complexity index is 959. The highest BCUT2D eigenvalue weighted by atomic mass is 35.5. The van der Waals surface area contributed by atoms with Crippen LogP contribution in [0.3, 0.4) is 0 Å². The number of rotatable bonds is 9. The predicted molar refractivity (Wildman–Crippen MR) is 113 cm³/mol. The first-order valence-corrected chi connectivity index (χ1v) is 10.2. The number of nitrogens with zero attached hydrogens (tertiary/aromatic N) is 3. The van der Waals surface area contributed by atoms with Gasteiger partial charge in [-0.2, -0.15) is 0 Å². The van der Waals surface area contributed by atoms with Gasteiger partial charge in [0.1, 0.15) is 6.61 Å². The summed E-state index contributed by atoms with van der Waals surface area (Å²) in [6.07, 6.45) is 1.82. The lowest BCUT2D eigenvalue weighted by atomic mass is 10.2. The molecule has 28 heavy (non-hydrogen) atoms. The topological polar surface area (TPSA) is 49.2 Å². The number of hydrogen-bond acceptors (Lipinski definition) is 5. The lowest BCUT2D eigenvalue weighted by Crippen LogP contribution is -2.08. The standard InChI is InChI=1S/C21H22ClN3O2S/c1-4-11-25-20(13-27-18-10-9-15(2)12-19(18)26-3)23-24-21(25)28-14-16-7-5-6-8-17(16)22/h4-10,12H,1,11,13-14H2,2-3H3. The van der Waals surface area contributed by atoms with E-state index in [1.165, 1.54) is 0 Å². The molecule has 0 amide bonds. The Morgan fingerprint density at radius 3 is 2.75 bits per heavy atom. The maximum absolute atomic E-state index is 6.25. The minimum atomic E-state index is 0.285. The second kappa shape index (κ2) is 9.66. The van der Waals surface area contributed by atoms with Gasteiger partial charge < -0.3 is 9.47 Å². The molecule has 0 bridgehead atoms. The smallest absolute Gasteiger partial charge is 0.191 e. The molecule has 7 heteroatoms. The molecule has 0 aliphatic rings. The molecule has 3 rings (SSSR count). The Balaban J connectivity index is 1.73. The number of hydrogen-bond donors (Lipinski definition) is 0. The molecule has 3 aromatic rings. The number of methoxy groups -OCH3 is 1. The second-order valence-electron chi connectivity index (χ2n) is 6.12. The van der Waals surface area contributed by atoms with E-state index in [9.17, 15) is 0 Å². The average Bonchev–Trinajstić information content (AvgIpc) is 3.08. The monoisotopic (exact) mass is 415 g/mol. The summed E-state index contributed by atoms with van der Waals surface area (Å²) in [5.41, 5.74) is 2.17. The molecule has 2 aromatic carbocycles. The van der Waals surface area contributed by atoms with Gasteiger partial charge in [0.15, 0.2) is 22.5 Å². The SMILES string of the molecule is C=CCn1c(COc2ccc(C)cc2OC)nnc1SCc1ccccc1Cl. The summed E-state index contributed by atoms with van der Waals surface area (Å²) in [5.74, 6) is 2.81. The van der Waals surface area contributed by atoms with Crippen molar-refractivity contribution in [3.05, 3.63) is 77.1 Å². The molecule has 0 atom stereocenters. The van der Waals surface area contributed by atoms with E-state index in [4.69, 9.17) is 21.1 Å². The third-order valence-electron chi connectivity index (χ3n) is 4.10. The number of ether oxygens (including phenoxy) is 2. The maximum atomic E-state index is 6.25. The van der Waals surface area contributed by atoms with E-state index in [2.05, 4.69) is 16.8 Å². The Morgan fingerprint density at radius 2 is 2.00 bits per heavy atom. The van der Waals surface area contributed by atoms with E-state index < -0.39 is 0 Å². The zero-order chi connectivity index (χ0) is 19.9. The van der Waals surface area contributed by atoms with E-state index in [0.29, 0.717) is 23.8 Å². The number of aromatic nitrogens is 3. The molecule has 146 valence electrons. The Kier molecular flexibility index (Phi) is 7.01. The third-order valence-corrected chi connectivity index (χ3v) is 5.48. The van der Waals surface area contributed by atoms with Gasteiger partial charge >= 0.3 is 0 Å². The van der Waals surface area contributed by atoms with Crippen LogP contribution in [0.5, 0.6) is 11.5 Å². The van der Waals surface area contributed by atoms with E-state index in [1.807, 2.05) is 60.0 Å². The molecule has 1 heterocycles. The normalized spacial score (nSPS) is 10.7. The van der Waals surface area contributed by atoms with Crippen LogP contribution in [-0.4, -0.2) is 21.9 Å². The number of allylic oxidation sites excluding steroid dienone is 1. The van der Waals surface area contributed by atoms with Gasteiger partial charge in [-0.3, -0.25) is 4.57 Å². The highest BCUT2D eigenvalue weighted by Crippen LogP contribution is 2.29. The van der Waals surface area contributed by atoms with Crippen LogP contribution in [0, 0.1) is 6.92 Å². The summed E-state index contributed by atoms with van der Waals surface area (Å²) in [4.78, 5) is 0. The first kappa shape index (κ1) is 20.3. The van der Waals surface area contributed by atoms with Crippen molar-refractivity contribution in [1.82, 2.24) is 14.8 Å². The van der Waals surface area contributed by atoms with Crippen molar-refractivity contribution in [2.45, 2.75) is 31.0 Å². The van der Waals surface area contributed by atoms with Crippen molar-refractivity contribution < 1.29 is 9.47 Å². The van der Waals surface area contributed by atoms with Crippen LogP contribution in [0.1, 0.15) is 17.0 Å². The molecule has 5 nitrogen and oxygen atoms in total. The first-order valence-electron chi connectivity index (χ1n) is 8.79. The molecule has 0 spiro atoms. The summed E-state index contributed by atoms with van der Waals surface area (Å²) in [7, 11) is 1.63. The van der Waals surface area contributed by atoms with Crippen molar-refractivity contribution in [2.75, 3.05) is 7.11 Å². The van der Waals surface area contributed by atoms with Gasteiger partial charge in [0.05, 0.1) is 7.11 Å². The van der Waals surface area contributed by atoms with Crippen molar-refractivity contribution in [1.29, 1.82) is 0 Å². The highest BCUT2D eigenvalue weighted by molar-refractivity contribution is 7.98. The maximum Gasteiger partial charge on any atom is 0.191 e. The minimum Gasteiger partial charge on any atom is -0.493 e. The van der Waals surface area contributed by atoms with Crippen LogP contribution in [0.25, 0.3) is 0 Å². The Hall–Kier alpha value is -2.44. The molecule has 0 N–H and O–H groups in total. The number of thioether (sulfide) groups is 1. The fourth-order valence-corrected chi connectivity index (χ4v) is 3.89. The quantitative estimate of drug-likeness (QED) is 0.350. The minimum absolute atomic E-state index is 0.285. The fraction of sp³-hybridized carbons (Fsp3) is 0.238. The summed E-state index contributed by atoms with van der Waals surface area (Å²) in [5, 5.41) is 10.2. The number of aryl methyl sites for hydroxylation is 1. The van der Waals surface area contributed by atoms with E-state index in [0.717, 1.165) is 27.1 Å². The van der Waals surface area contributed by atoms with Gasteiger partial charge in [0.2, 0.25) is 0 Å². The summed E-state index contributed by atoms with van der Waals surface area (Å²) < 4.78 is 13.3. The lowest BCUT2D eigenvalue weighted by molar-refractivity contribution is 0.271. The third kappa shape index (κ3) is 4.88. The van der Waals surface area contributed by atoms with Gasteiger partial charge in [-0.25, -0.2) is 0 Å². The largest absolute Gasteiger partial charge is 0.493 e. The molecule has 1 aromatic heterocycles. The summed E-state index contributed by atoms with van der Waals surface area (Å²) >= 11 is 7.83. The van der Waals surface area contributed by atoms with Crippen LogP contribution in [0.2, 0.25) is 5.02 Å². The highest BCUT2D eigenvalue weighted by Gasteiger charge is 2.14. The predicted octanol–water partition coefficient (Wildman–Crippen LogP) is 5.31. The molecule has 0 saturated heterocycles. The van der Waals surface area contributed by atoms with Crippen LogP contribution in [0.4, 0.5) is 0 Å². The molecular weight excluding hydrogens is 394 g/mol. The van der Waals surface area contributed by atoms with Crippen molar-refractivity contribution in [2.24, 2.45) is 0 Å². The summed E-state index contributed by atoms with van der Waals surface area (Å²) in [6, 6.07) is 13.6. The van der Waals surface area contributed by atoms with Gasteiger partial charge in [-0.15, -0.1) is 16.8 Å². The van der Waals surface area contributed by atoms with E-state index in [-0.39, 0.29) is 6.61 Å². The van der Waals surface area contributed by atoms with Crippen molar-refractivity contribution in [3.63, 3.8) is 0 Å². The van der Waals surface area contributed by atoms with Crippen molar-refractivity contribution in [3.8, 4) is 11.5 Å². The van der Waals surface area contributed by atoms with Gasteiger partial charge in [0, 0.05) is 17.3 Å². The zero-order valence-electron chi connectivity index (χ0n) is 15.9. The van der Waals surface area contributed by atoms with Gasteiger partial charge in [-0.05, 0) is 36.2 Å². The average molecular weight is 416 g/mol. The molecule has 0 radical (unpaired) electrons. The lowest BCUT2D eigenvalue weighted by Gasteiger charge is -2.12. The Labute approximate surface area is 174 Å². The molecule has 0 saturated carbocycles. The van der Waals surface area contributed by atoms with E-state index in [1.54, 1.807) is 18.9 Å². The summed E-state index contributed by atoms with van der Waals surface area (Å²) in [6.45, 7) is 6.73. The van der Waals surface area contributed by atoms with Crippen LogP contribution in [0.15, 0.2) is 60.3 Å². The van der Waals surface area contributed by atoms with Gasteiger partial charge in [-0.1, -0.05) is 53.7 Å². The van der Waals surface area contributed by atoms with Gasteiger partial charge in [0.25, 0.3) is 0 Å². The van der Waals surface area contributed by atoms with Crippen LogP contribution in [-0.2, 0) is 18.9 Å². The molecular formula is C21H22ClN3O2S. The molecule has 0 aliphatic heterocycles. The number of benzene rings is 2. The van der Waals surface area contributed by atoms with E-state index >= 15 is 0 Å². The zero-order valence-corrected chi connectivity index (χ0v) is 17.5.